The van der Waals surface area contributed by atoms with E-state index in [4.69, 9.17) is 4.42 Å². The predicted octanol–water partition coefficient (Wildman–Crippen LogP) is 2.61. The predicted molar refractivity (Wildman–Crippen MR) is 107 cm³/mol. The van der Waals surface area contributed by atoms with Gasteiger partial charge >= 0.3 is 0 Å². The van der Waals surface area contributed by atoms with E-state index in [2.05, 4.69) is 20.2 Å². The molecule has 2 heterocycles. The molecule has 146 valence electrons. The molecule has 3 N–H and O–H groups in total. The van der Waals surface area contributed by atoms with Crippen LogP contribution in [0.1, 0.15) is 16.9 Å². The third kappa shape index (κ3) is 6.21. The molecule has 0 saturated carbocycles. The molecule has 0 aliphatic rings. The smallest absolute Gasteiger partial charge is 0.215 e. The number of aryl methyl sites for hydroxylation is 1. The molecule has 1 aromatic carbocycles. The molecule has 3 aromatic rings. The number of sulfonamides is 1. The minimum atomic E-state index is -3.34. The van der Waals surface area contributed by atoms with Crippen LogP contribution in [0.15, 0.2) is 53.1 Å². The number of rotatable bonds is 9. The zero-order valence-corrected chi connectivity index (χ0v) is 16.6. The van der Waals surface area contributed by atoms with Crippen LogP contribution < -0.4 is 10.0 Å². The summed E-state index contributed by atoms with van der Waals surface area (Å²) in [6, 6.07) is 12.9. The molecule has 0 fully saturated rings. The van der Waals surface area contributed by atoms with Crippen LogP contribution in [0.3, 0.4) is 0 Å². The highest BCUT2D eigenvalue weighted by molar-refractivity contribution is 7.88. The zero-order valence-electron chi connectivity index (χ0n) is 14.9. The highest BCUT2D eigenvalue weighted by Crippen LogP contribution is 2.23. The first-order chi connectivity index (χ1) is 12.5. The molecular formula is C18H23ClN4O3S. The second kappa shape index (κ2) is 9.70. The summed E-state index contributed by atoms with van der Waals surface area (Å²) in [4.78, 5) is 0. The number of nitrogens with one attached hydrogen (secondary N) is 3. The van der Waals surface area contributed by atoms with Crippen LogP contribution in [0.4, 0.5) is 0 Å². The van der Waals surface area contributed by atoms with Crippen molar-refractivity contribution in [2.45, 2.75) is 19.2 Å². The van der Waals surface area contributed by atoms with Gasteiger partial charge in [0.05, 0.1) is 11.9 Å². The van der Waals surface area contributed by atoms with Gasteiger partial charge in [0.15, 0.2) is 5.76 Å². The molecule has 0 unspecified atom stereocenters. The van der Waals surface area contributed by atoms with Crippen molar-refractivity contribution in [3.8, 4) is 11.5 Å². The second-order valence-electron chi connectivity index (χ2n) is 6.00. The summed E-state index contributed by atoms with van der Waals surface area (Å²) in [6.07, 6.45) is 1.74. The van der Waals surface area contributed by atoms with Gasteiger partial charge in [-0.05, 0) is 24.6 Å². The Balaban J connectivity index is 0.00000261. The minimum absolute atomic E-state index is 0. The fourth-order valence-electron chi connectivity index (χ4n) is 2.59. The third-order valence-electron chi connectivity index (χ3n) is 3.84. The number of aromatic nitrogens is 2. The van der Waals surface area contributed by atoms with Crippen LogP contribution in [-0.4, -0.2) is 31.7 Å². The Hall–Kier alpha value is -2.13. The molecule has 3 rings (SSSR count). The maximum absolute atomic E-state index is 12.1. The maximum atomic E-state index is 12.1. The first-order valence-corrected chi connectivity index (χ1v) is 10.00. The summed E-state index contributed by atoms with van der Waals surface area (Å²) >= 11 is 0. The Kier molecular flexibility index (Phi) is 7.61. The Bertz CT molecular complexity index is 938. The van der Waals surface area contributed by atoms with Gasteiger partial charge in [-0.15, -0.1) is 12.4 Å². The molecule has 7 nitrogen and oxygen atoms in total. The van der Waals surface area contributed by atoms with E-state index in [0.29, 0.717) is 19.6 Å². The maximum Gasteiger partial charge on any atom is 0.215 e. The van der Waals surface area contributed by atoms with Crippen molar-refractivity contribution in [2.75, 3.05) is 13.1 Å². The number of benzene rings is 1. The van der Waals surface area contributed by atoms with Gasteiger partial charge in [-0.3, -0.25) is 5.10 Å². The lowest BCUT2D eigenvalue weighted by atomic mass is 10.2. The minimum Gasteiger partial charge on any atom is -0.460 e. The third-order valence-corrected chi connectivity index (χ3v) is 5.20. The average molecular weight is 411 g/mol. The van der Waals surface area contributed by atoms with E-state index in [1.807, 2.05) is 37.3 Å². The summed E-state index contributed by atoms with van der Waals surface area (Å²) in [6.45, 7) is 3.28. The van der Waals surface area contributed by atoms with E-state index in [9.17, 15) is 8.42 Å². The van der Waals surface area contributed by atoms with Crippen molar-refractivity contribution in [3.63, 3.8) is 0 Å². The number of hydrogen-bond donors (Lipinski definition) is 3. The van der Waals surface area contributed by atoms with Gasteiger partial charge in [-0.1, -0.05) is 30.3 Å². The SMILES string of the molecule is Cc1ccc(-c2[nH]ncc2CNCCNS(=O)(=O)Cc2ccccc2)o1.Cl. The summed E-state index contributed by atoms with van der Waals surface area (Å²) < 4.78 is 32.3. The molecule has 2 aromatic heterocycles. The highest BCUT2D eigenvalue weighted by Gasteiger charge is 2.12. The Labute approximate surface area is 165 Å². The fourth-order valence-corrected chi connectivity index (χ4v) is 3.74. The first kappa shape index (κ1) is 21.2. The lowest BCUT2D eigenvalue weighted by Crippen LogP contribution is -2.32. The Morgan fingerprint density at radius 1 is 1.11 bits per heavy atom. The molecule has 0 bridgehead atoms. The Morgan fingerprint density at radius 3 is 2.59 bits per heavy atom. The van der Waals surface area contributed by atoms with Gasteiger partial charge < -0.3 is 9.73 Å². The van der Waals surface area contributed by atoms with Crippen molar-refractivity contribution >= 4 is 22.4 Å². The fraction of sp³-hybridized carbons (Fsp3) is 0.278. The van der Waals surface area contributed by atoms with Crippen molar-refractivity contribution in [1.82, 2.24) is 20.2 Å². The number of furan rings is 1. The van der Waals surface area contributed by atoms with Gasteiger partial charge in [0.2, 0.25) is 10.0 Å². The van der Waals surface area contributed by atoms with Gasteiger partial charge in [-0.2, -0.15) is 5.10 Å². The van der Waals surface area contributed by atoms with E-state index in [0.717, 1.165) is 28.3 Å². The number of H-pyrrole nitrogens is 1. The summed E-state index contributed by atoms with van der Waals surface area (Å²) in [5.74, 6) is 1.55. The molecule has 0 amide bonds. The molecule has 27 heavy (non-hydrogen) atoms. The molecule has 0 aliphatic carbocycles. The molecular weight excluding hydrogens is 388 g/mol. The van der Waals surface area contributed by atoms with Crippen molar-refractivity contribution in [1.29, 1.82) is 0 Å². The molecule has 0 aliphatic heterocycles. The summed E-state index contributed by atoms with van der Waals surface area (Å²) in [7, 11) is -3.34. The van der Waals surface area contributed by atoms with E-state index in [-0.39, 0.29) is 18.2 Å². The highest BCUT2D eigenvalue weighted by atomic mass is 35.5. The summed E-state index contributed by atoms with van der Waals surface area (Å²) in [5, 5.41) is 10.2. The van der Waals surface area contributed by atoms with E-state index < -0.39 is 10.0 Å². The van der Waals surface area contributed by atoms with Crippen molar-refractivity contribution < 1.29 is 12.8 Å². The van der Waals surface area contributed by atoms with E-state index >= 15 is 0 Å². The number of hydrogen-bond acceptors (Lipinski definition) is 5. The van der Waals surface area contributed by atoms with Crippen LogP contribution in [0.25, 0.3) is 11.5 Å². The number of aromatic amines is 1. The lowest BCUT2D eigenvalue weighted by molar-refractivity contribution is 0.545. The molecule has 9 heteroatoms. The Morgan fingerprint density at radius 2 is 1.89 bits per heavy atom. The van der Waals surface area contributed by atoms with Crippen LogP contribution >= 0.6 is 12.4 Å². The molecule has 0 radical (unpaired) electrons. The summed E-state index contributed by atoms with van der Waals surface area (Å²) in [5.41, 5.74) is 2.56. The van der Waals surface area contributed by atoms with E-state index in [1.165, 1.54) is 0 Å². The van der Waals surface area contributed by atoms with Crippen LogP contribution in [0.5, 0.6) is 0 Å². The number of halogens is 1. The first-order valence-electron chi connectivity index (χ1n) is 8.34. The normalized spacial score (nSPS) is 11.3. The van der Waals surface area contributed by atoms with Gasteiger partial charge in [-0.25, -0.2) is 13.1 Å². The van der Waals surface area contributed by atoms with Crippen LogP contribution in [0, 0.1) is 6.92 Å². The van der Waals surface area contributed by atoms with Crippen molar-refractivity contribution in [2.24, 2.45) is 0 Å². The molecule has 0 spiro atoms. The topological polar surface area (TPSA) is 100 Å². The van der Waals surface area contributed by atoms with E-state index in [1.54, 1.807) is 18.3 Å². The van der Waals surface area contributed by atoms with Gasteiger partial charge in [0, 0.05) is 25.2 Å². The van der Waals surface area contributed by atoms with Crippen LogP contribution in [0.2, 0.25) is 0 Å². The number of nitrogens with zero attached hydrogens (tertiary/aromatic N) is 1. The largest absolute Gasteiger partial charge is 0.460 e. The lowest BCUT2D eigenvalue weighted by Gasteiger charge is -2.08. The van der Waals surface area contributed by atoms with Crippen LogP contribution in [-0.2, 0) is 22.3 Å². The monoisotopic (exact) mass is 410 g/mol. The standard InChI is InChI=1S/C18H22N4O3S.ClH/c1-14-7-8-17(25-14)18-16(12-20-22-18)11-19-9-10-21-26(23,24)13-15-5-3-2-4-6-15;/h2-8,12,19,21H,9-11,13H2,1H3,(H,20,22);1H. The quantitative estimate of drug-likeness (QED) is 0.471. The zero-order chi connectivity index (χ0) is 18.4. The second-order valence-corrected chi connectivity index (χ2v) is 7.80. The average Bonchev–Trinajstić information content (AvgIpc) is 3.23. The molecule has 0 atom stereocenters. The van der Waals surface area contributed by atoms with Gasteiger partial charge in [0.1, 0.15) is 11.5 Å². The van der Waals surface area contributed by atoms with Crippen molar-refractivity contribution in [3.05, 3.63) is 65.5 Å². The van der Waals surface area contributed by atoms with Gasteiger partial charge in [0.25, 0.3) is 0 Å². The molecule has 0 saturated heterocycles.